The number of oxime groups is 1. The fourth-order valence-electron chi connectivity index (χ4n) is 2.45. The van der Waals surface area contributed by atoms with Gasteiger partial charge in [-0.1, -0.05) is 5.16 Å². The third kappa shape index (κ3) is 4.01. The van der Waals surface area contributed by atoms with Crippen LogP contribution in [-0.4, -0.2) is 59.2 Å². The molecule has 2 aliphatic rings. The van der Waals surface area contributed by atoms with E-state index < -0.39 is 6.10 Å². The molecule has 2 rings (SSSR count). The Kier molecular flexibility index (Phi) is 5.33. The molecule has 7 heteroatoms. The predicted molar refractivity (Wildman–Crippen MR) is 74.4 cm³/mol. The summed E-state index contributed by atoms with van der Waals surface area (Å²) >= 11 is 1.96. The van der Waals surface area contributed by atoms with Crippen LogP contribution in [0.1, 0.15) is 19.3 Å². The molecule has 0 bridgehead atoms. The number of carbonyl (C=O) groups excluding carboxylic acids is 1. The van der Waals surface area contributed by atoms with Gasteiger partial charge in [-0.2, -0.15) is 11.8 Å². The Hall–Kier alpha value is -0.950. The van der Waals surface area contributed by atoms with E-state index in [1.165, 1.54) is 0 Å². The fraction of sp³-hybridized carbons (Fsp3) is 0.833. The molecule has 0 saturated carbocycles. The van der Waals surface area contributed by atoms with Gasteiger partial charge >= 0.3 is 0 Å². The fourth-order valence-corrected chi connectivity index (χ4v) is 3.65. The Morgan fingerprint density at radius 2 is 2.21 bits per heavy atom. The monoisotopic (exact) mass is 287 g/mol. The van der Waals surface area contributed by atoms with E-state index in [9.17, 15) is 4.79 Å². The van der Waals surface area contributed by atoms with Crippen LogP contribution in [0.2, 0.25) is 0 Å². The number of morpholine rings is 1. The predicted octanol–water partition coefficient (Wildman–Crippen LogP) is 0.493. The highest BCUT2D eigenvalue weighted by Gasteiger charge is 2.28. The van der Waals surface area contributed by atoms with Crippen molar-refractivity contribution in [3.63, 3.8) is 0 Å². The molecule has 19 heavy (non-hydrogen) atoms. The number of carbonyl (C=O) groups is 1. The van der Waals surface area contributed by atoms with Crippen molar-refractivity contribution >= 4 is 23.5 Å². The van der Waals surface area contributed by atoms with Crippen molar-refractivity contribution in [1.29, 1.82) is 0 Å². The Morgan fingerprint density at radius 1 is 1.47 bits per heavy atom. The molecular formula is C12H21N3O3S. The number of nitrogens with two attached hydrogens (primary N) is 1. The normalized spacial score (nSPS) is 26.4. The first-order chi connectivity index (χ1) is 9.20. The molecule has 6 nitrogen and oxygen atoms in total. The number of amidine groups is 1. The van der Waals surface area contributed by atoms with Gasteiger partial charge in [0.05, 0.1) is 13.2 Å². The van der Waals surface area contributed by atoms with Crippen LogP contribution in [0, 0.1) is 5.92 Å². The minimum absolute atomic E-state index is 0.0339. The van der Waals surface area contributed by atoms with E-state index in [-0.39, 0.29) is 11.7 Å². The van der Waals surface area contributed by atoms with Crippen molar-refractivity contribution in [2.24, 2.45) is 16.8 Å². The van der Waals surface area contributed by atoms with Crippen LogP contribution in [0.25, 0.3) is 0 Å². The molecule has 0 aromatic heterocycles. The lowest BCUT2D eigenvalue weighted by Crippen LogP contribution is -2.50. The largest absolute Gasteiger partial charge is 0.409 e. The van der Waals surface area contributed by atoms with Crippen LogP contribution in [-0.2, 0) is 9.53 Å². The Bertz CT molecular complexity index is 345. The van der Waals surface area contributed by atoms with Gasteiger partial charge in [0.1, 0.15) is 6.10 Å². The minimum atomic E-state index is -0.482. The Morgan fingerprint density at radius 3 is 2.89 bits per heavy atom. The molecule has 1 amide bonds. The zero-order chi connectivity index (χ0) is 13.7. The zero-order valence-electron chi connectivity index (χ0n) is 11.0. The van der Waals surface area contributed by atoms with Gasteiger partial charge in [-0.25, -0.2) is 0 Å². The van der Waals surface area contributed by atoms with Crippen molar-refractivity contribution in [3.8, 4) is 0 Å². The van der Waals surface area contributed by atoms with Crippen LogP contribution in [0.15, 0.2) is 5.16 Å². The molecule has 1 atom stereocenters. The first-order valence-electron chi connectivity index (χ1n) is 6.65. The number of hydrogen-bond donors (Lipinski definition) is 2. The third-order valence-electron chi connectivity index (χ3n) is 3.67. The molecule has 2 saturated heterocycles. The molecule has 0 radical (unpaired) electrons. The highest BCUT2D eigenvalue weighted by molar-refractivity contribution is 7.99. The summed E-state index contributed by atoms with van der Waals surface area (Å²) in [6, 6.07) is 0. The highest BCUT2D eigenvalue weighted by atomic mass is 32.2. The summed E-state index contributed by atoms with van der Waals surface area (Å²) in [5.41, 5.74) is 5.53. The minimum Gasteiger partial charge on any atom is -0.409 e. The van der Waals surface area contributed by atoms with Gasteiger partial charge in [-0.15, -0.1) is 0 Å². The second kappa shape index (κ2) is 7.00. The lowest BCUT2D eigenvalue weighted by Gasteiger charge is -2.33. The number of ether oxygens (including phenoxy) is 1. The molecule has 1 unspecified atom stereocenters. The number of thioether (sulfide) groups is 1. The molecule has 2 fully saturated rings. The molecule has 0 aromatic rings. The maximum absolute atomic E-state index is 12.2. The quantitative estimate of drug-likeness (QED) is 0.341. The van der Waals surface area contributed by atoms with Crippen LogP contribution in [0.3, 0.4) is 0 Å². The Balaban J connectivity index is 1.84. The molecule has 3 N–H and O–H groups in total. The zero-order valence-corrected chi connectivity index (χ0v) is 11.8. The first-order valence-corrected chi connectivity index (χ1v) is 7.80. The topological polar surface area (TPSA) is 88.2 Å². The lowest BCUT2D eigenvalue weighted by atomic mass is 9.98. The van der Waals surface area contributed by atoms with E-state index in [1.54, 1.807) is 4.90 Å². The van der Waals surface area contributed by atoms with E-state index in [0.717, 1.165) is 24.3 Å². The van der Waals surface area contributed by atoms with E-state index in [4.69, 9.17) is 15.7 Å². The summed E-state index contributed by atoms with van der Waals surface area (Å²) < 4.78 is 5.39. The summed E-state index contributed by atoms with van der Waals surface area (Å²) in [5, 5.41) is 11.6. The van der Waals surface area contributed by atoms with Gasteiger partial charge < -0.3 is 20.6 Å². The summed E-state index contributed by atoms with van der Waals surface area (Å²) in [6.07, 6.45) is 2.39. The van der Waals surface area contributed by atoms with Gasteiger partial charge in [0.15, 0.2) is 5.84 Å². The first kappa shape index (κ1) is 14.5. The van der Waals surface area contributed by atoms with Crippen LogP contribution in [0.4, 0.5) is 0 Å². The van der Waals surface area contributed by atoms with Crippen molar-refractivity contribution in [2.75, 3.05) is 31.2 Å². The maximum Gasteiger partial charge on any atom is 0.223 e. The van der Waals surface area contributed by atoms with Crippen LogP contribution in [0.5, 0.6) is 0 Å². The number of rotatable bonds is 3. The standard InChI is InChI=1S/C12H21N3O3S/c13-12(14-17)10-8-15(3-4-18-10)11(16)7-9-1-5-19-6-2-9/h9-10,17H,1-8H2,(H2,13,14). The smallest absolute Gasteiger partial charge is 0.223 e. The van der Waals surface area contributed by atoms with Crippen LogP contribution >= 0.6 is 11.8 Å². The maximum atomic E-state index is 12.2. The average molecular weight is 287 g/mol. The summed E-state index contributed by atoms with van der Waals surface area (Å²) in [4.78, 5) is 14.0. The average Bonchev–Trinajstić information content (AvgIpc) is 2.47. The molecule has 2 aliphatic heterocycles. The second-order valence-corrected chi connectivity index (χ2v) is 6.21. The molecule has 0 spiro atoms. The molecular weight excluding hydrogens is 266 g/mol. The van der Waals surface area contributed by atoms with E-state index in [1.807, 2.05) is 11.8 Å². The summed E-state index contributed by atoms with van der Waals surface area (Å²) in [5.74, 6) is 3.03. The lowest BCUT2D eigenvalue weighted by molar-refractivity contribution is -0.137. The molecule has 0 aliphatic carbocycles. The van der Waals surface area contributed by atoms with Gasteiger partial charge in [-0.3, -0.25) is 4.79 Å². The van der Waals surface area contributed by atoms with Crippen molar-refractivity contribution in [1.82, 2.24) is 4.90 Å². The van der Waals surface area contributed by atoms with Gasteiger partial charge in [-0.05, 0) is 30.3 Å². The van der Waals surface area contributed by atoms with Crippen molar-refractivity contribution in [2.45, 2.75) is 25.4 Å². The summed E-state index contributed by atoms with van der Waals surface area (Å²) in [6.45, 7) is 1.42. The van der Waals surface area contributed by atoms with Crippen LogP contribution < -0.4 is 5.73 Å². The Labute approximate surface area is 117 Å². The number of hydrogen-bond acceptors (Lipinski definition) is 5. The van der Waals surface area contributed by atoms with Gasteiger partial charge in [0.2, 0.25) is 5.91 Å². The third-order valence-corrected chi connectivity index (χ3v) is 4.72. The summed E-state index contributed by atoms with van der Waals surface area (Å²) in [7, 11) is 0. The van der Waals surface area contributed by atoms with Gasteiger partial charge in [0.25, 0.3) is 0 Å². The highest BCUT2D eigenvalue weighted by Crippen LogP contribution is 2.26. The number of nitrogens with zero attached hydrogens (tertiary/aromatic N) is 2. The van der Waals surface area contributed by atoms with E-state index >= 15 is 0 Å². The van der Waals surface area contributed by atoms with E-state index in [0.29, 0.717) is 32.0 Å². The SMILES string of the molecule is NC(=NO)C1CN(C(=O)CC2CCSCC2)CCO1. The molecule has 2 heterocycles. The van der Waals surface area contributed by atoms with Crippen molar-refractivity contribution in [3.05, 3.63) is 0 Å². The van der Waals surface area contributed by atoms with Crippen molar-refractivity contribution < 1.29 is 14.7 Å². The number of amides is 1. The van der Waals surface area contributed by atoms with Gasteiger partial charge in [0, 0.05) is 13.0 Å². The second-order valence-electron chi connectivity index (χ2n) is 4.98. The molecule has 108 valence electrons. The van der Waals surface area contributed by atoms with E-state index in [2.05, 4.69) is 5.16 Å². The molecule has 0 aromatic carbocycles.